The number of ether oxygens (including phenoxy) is 1. The number of carbonyl (C=O) groups excluding carboxylic acids is 1. The SMILES string of the molecule is CC(C)CCC(C)(C)CNC(=O)OC(C)(C)C. The lowest BCUT2D eigenvalue weighted by Gasteiger charge is -2.27. The second-order valence-electron chi connectivity index (χ2n) is 6.95. The van der Waals surface area contributed by atoms with Crippen LogP contribution in [0.15, 0.2) is 0 Å². The highest BCUT2D eigenvalue weighted by atomic mass is 16.6. The molecule has 0 rings (SSSR count). The van der Waals surface area contributed by atoms with Gasteiger partial charge < -0.3 is 10.1 Å². The first-order valence-corrected chi connectivity index (χ1v) is 6.49. The van der Waals surface area contributed by atoms with Gasteiger partial charge in [-0.2, -0.15) is 0 Å². The van der Waals surface area contributed by atoms with Gasteiger partial charge >= 0.3 is 6.09 Å². The van der Waals surface area contributed by atoms with Gasteiger partial charge in [-0.05, 0) is 38.5 Å². The molecular weight excluding hydrogens is 214 g/mol. The number of carbonyl (C=O) groups is 1. The zero-order valence-corrected chi connectivity index (χ0v) is 12.5. The van der Waals surface area contributed by atoms with E-state index < -0.39 is 5.60 Å². The minimum absolute atomic E-state index is 0.126. The molecule has 0 atom stereocenters. The van der Waals surface area contributed by atoms with E-state index in [1.807, 2.05) is 20.8 Å². The highest BCUT2D eigenvalue weighted by Gasteiger charge is 2.21. The van der Waals surface area contributed by atoms with Gasteiger partial charge in [0.25, 0.3) is 0 Å². The molecule has 0 fully saturated rings. The molecule has 1 N–H and O–H groups in total. The van der Waals surface area contributed by atoms with Crippen LogP contribution >= 0.6 is 0 Å². The van der Waals surface area contributed by atoms with Gasteiger partial charge in [0, 0.05) is 6.54 Å². The van der Waals surface area contributed by atoms with Crippen LogP contribution in [0.5, 0.6) is 0 Å². The fourth-order valence-electron chi connectivity index (χ4n) is 1.39. The minimum Gasteiger partial charge on any atom is -0.444 e. The van der Waals surface area contributed by atoms with E-state index in [-0.39, 0.29) is 11.5 Å². The lowest BCUT2D eigenvalue weighted by molar-refractivity contribution is 0.0503. The lowest BCUT2D eigenvalue weighted by Crippen LogP contribution is -2.38. The second-order valence-corrected chi connectivity index (χ2v) is 6.95. The van der Waals surface area contributed by atoms with E-state index >= 15 is 0 Å². The molecule has 0 spiro atoms. The highest BCUT2D eigenvalue weighted by Crippen LogP contribution is 2.23. The zero-order valence-electron chi connectivity index (χ0n) is 12.5. The van der Waals surface area contributed by atoms with Crippen molar-refractivity contribution >= 4 is 6.09 Å². The first-order valence-electron chi connectivity index (χ1n) is 6.49. The highest BCUT2D eigenvalue weighted by molar-refractivity contribution is 5.67. The molecule has 1 amide bonds. The predicted molar refractivity (Wildman–Crippen MR) is 72.1 cm³/mol. The van der Waals surface area contributed by atoms with E-state index in [4.69, 9.17) is 4.74 Å². The number of amides is 1. The molecule has 3 nitrogen and oxygen atoms in total. The minimum atomic E-state index is -0.424. The summed E-state index contributed by atoms with van der Waals surface area (Å²) in [6, 6.07) is 0. The fraction of sp³-hybridized carbons (Fsp3) is 0.929. The van der Waals surface area contributed by atoms with Gasteiger partial charge in [-0.1, -0.05) is 34.1 Å². The molecule has 0 saturated carbocycles. The maximum Gasteiger partial charge on any atom is 0.407 e. The third kappa shape index (κ3) is 10.2. The fourth-order valence-corrected chi connectivity index (χ4v) is 1.39. The Balaban J connectivity index is 3.96. The van der Waals surface area contributed by atoms with Crippen molar-refractivity contribution in [3.05, 3.63) is 0 Å². The lowest BCUT2D eigenvalue weighted by atomic mass is 9.85. The van der Waals surface area contributed by atoms with Crippen LogP contribution in [0, 0.1) is 11.3 Å². The molecule has 0 aliphatic heterocycles. The molecule has 0 saturated heterocycles. The van der Waals surface area contributed by atoms with Crippen LogP contribution < -0.4 is 5.32 Å². The maximum atomic E-state index is 11.5. The van der Waals surface area contributed by atoms with Crippen LogP contribution in [-0.4, -0.2) is 18.2 Å². The van der Waals surface area contributed by atoms with Gasteiger partial charge in [0.05, 0.1) is 0 Å². The van der Waals surface area contributed by atoms with Crippen LogP contribution in [0.2, 0.25) is 0 Å². The predicted octanol–water partition coefficient (Wildman–Crippen LogP) is 3.97. The first kappa shape index (κ1) is 16.3. The Labute approximate surface area is 106 Å². The first-order chi connectivity index (χ1) is 7.52. The molecule has 3 heteroatoms. The maximum absolute atomic E-state index is 11.5. The summed E-state index contributed by atoms with van der Waals surface area (Å²) in [5, 5.41) is 2.84. The summed E-state index contributed by atoms with van der Waals surface area (Å²) < 4.78 is 5.21. The Hall–Kier alpha value is -0.730. The van der Waals surface area contributed by atoms with E-state index in [0.29, 0.717) is 12.5 Å². The third-order valence-corrected chi connectivity index (χ3v) is 2.51. The monoisotopic (exact) mass is 243 g/mol. The summed E-state index contributed by atoms with van der Waals surface area (Å²) >= 11 is 0. The Morgan fingerprint density at radius 2 is 1.71 bits per heavy atom. The van der Waals surface area contributed by atoms with Crippen molar-refractivity contribution in [2.24, 2.45) is 11.3 Å². The van der Waals surface area contributed by atoms with Crippen LogP contribution in [0.25, 0.3) is 0 Å². The summed E-state index contributed by atoms with van der Waals surface area (Å²) in [6.45, 7) is 15.1. The largest absolute Gasteiger partial charge is 0.444 e. The molecular formula is C14H29NO2. The van der Waals surface area contributed by atoms with Crippen molar-refractivity contribution in [1.29, 1.82) is 0 Å². The van der Waals surface area contributed by atoms with Crippen LogP contribution in [0.3, 0.4) is 0 Å². The van der Waals surface area contributed by atoms with Crippen molar-refractivity contribution in [2.75, 3.05) is 6.54 Å². The summed E-state index contributed by atoms with van der Waals surface area (Å²) in [5.41, 5.74) is -0.298. The average Bonchev–Trinajstić information content (AvgIpc) is 2.09. The summed E-state index contributed by atoms with van der Waals surface area (Å²) in [5.74, 6) is 0.704. The Bertz CT molecular complexity index is 239. The van der Waals surface area contributed by atoms with Gasteiger partial charge in [-0.25, -0.2) is 4.79 Å². The van der Waals surface area contributed by atoms with Crippen LogP contribution in [-0.2, 0) is 4.74 Å². The number of hydrogen-bond acceptors (Lipinski definition) is 2. The van der Waals surface area contributed by atoms with E-state index in [1.54, 1.807) is 0 Å². The molecule has 0 aromatic rings. The van der Waals surface area contributed by atoms with E-state index in [9.17, 15) is 4.79 Å². The molecule has 17 heavy (non-hydrogen) atoms. The van der Waals surface area contributed by atoms with Crippen molar-refractivity contribution in [1.82, 2.24) is 5.32 Å². The summed E-state index contributed by atoms with van der Waals surface area (Å²) in [7, 11) is 0. The molecule has 0 aromatic heterocycles. The number of alkyl carbamates (subject to hydrolysis) is 1. The van der Waals surface area contributed by atoms with Crippen LogP contribution in [0.4, 0.5) is 4.79 Å². The van der Waals surface area contributed by atoms with E-state index in [2.05, 4.69) is 33.0 Å². The normalized spacial score (nSPS) is 12.7. The topological polar surface area (TPSA) is 38.3 Å². The molecule has 0 bridgehead atoms. The number of rotatable bonds is 5. The van der Waals surface area contributed by atoms with Gasteiger partial charge in [-0.15, -0.1) is 0 Å². The number of nitrogens with one attached hydrogen (secondary N) is 1. The summed E-state index contributed by atoms with van der Waals surface area (Å²) in [6.07, 6.45) is 1.97. The molecule has 0 unspecified atom stereocenters. The Kier molecular flexibility index (Phi) is 6.00. The van der Waals surface area contributed by atoms with Gasteiger partial charge in [0.1, 0.15) is 5.60 Å². The quantitative estimate of drug-likeness (QED) is 0.793. The van der Waals surface area contributed by atoms with Gasteiger partial charge in [-0.3, -0.25) is 0 Å². The number of hydrogen-bond donors (Lipinski definition) is 1. The van der Waals surface area contributed by atoms with Crippen molar-refractivity contribution in [3.63, 3.8) is 0 Å². The molecule has 0 aliphatic carbocycles. The standard InChI is InChI=1S/C14H29NO2/c1-11(2)8-9-14(6,7)10-15-12(16)17-13(3,4)5/h11H,8-10H2,1-7H3,(H,15,16). The summed E-state index contributed by atoms with van der Waals surface area (Å²) in [4.78, 5) is 11.5. The Morgan fingerprint density at radius 1 is 1.18 bits per heavy atom. The molecule has 102 valence electrons. The average molecular weight is 243 g/mol. The molecule has 0 aromatic carbocycles. The van der Waals surface area contributed by atoms with Gasteiger partial charge in [0.15, 0.2) is 0 Å². The van der Waals surface area contributed by atoms with Crippen molar-refractivity contribution in [3.8, 4) is 0 Å². The Morgan fingerprint density at radius 3 is 2.12 bits per heavy atom. The molecule has 0 heterocycles. The van der Waals surface area contributed by atoms with Crippen molar-refractivity contribution in [2.45, 2.75) is 66.9 Å². The third-order valence-electron chi connectivity index (χ3n) is 2.51. The smallest absolute Gasteiger partial charge is 0.407 e. The molecule has 0 aliphatic rings. The van der Waals surface area contributed by atoms with Gasteiger partial charge in [0.2, 0.25) is 0 Å². The van der Waals surface area contributed by atoms with Crippen molar-refractivity contribution < 1.29 is 9.53 Å². The molecule has 0 radical (unpaired) electrons. The van der Waals surface area contributed by atoms with E-state index in [0.717, 1.165) is 6.42 Å². The van der Waals surface area contributed by atoms with Crippen LogP contribution in [0.1, 0.15) is 61.3 Å². The second kappa shape index (κ2) is 6.27. The zero-order chi connectivity index (χ0) is 13.7. The van der Waals surface area contributed by atoms with E-state index in [1.165, 1.54) is 6.42 Å².